The fourth-order valence-corrected chi connectivity index (χ4v) is 3.60. The van der Waals surface area contributed by atoms with E-state index in [0.29, 0.717) is 18.8 Å². The smallest absolute Gasteiger partial charge is 0.137 e. The highest BCUT2D eigenvalue weighted by molar-refractivity contribution is 5.82. The summed E-state index contributed by atoms with van der Waals surface area (Å²) in [6, 6.07) is 18.2. The summed E-state index contributed by atoms with van der Waals surface area (Å²) in [5.41, 5.74) is 4.94. The number of hydrogen-bond donors (Lipinski definition) is 0. The van der Waals surface area contributed by atoms with E-state index in [0.717, 1.165) is 24.2 Å². The molecule has 0 spiro atoms. The number of Topliss-reactive ketones (excluding diaryl/α,β-unsaturated/α-hetero) is 1. The summed E-state index contributed by atoms with van der Waals surface area (Å²) in [7, 11) is 1.65. The van der Waals surface area contributed by atoms with Crippen molar-refractivity contribution in [3.63, 3.8) is 0 Å². The lowest BCUT2D eigenvalue weighted by Gasteiger charge is -2.18. The topological polar surface area (TPSA) is 26.3 Å². The lowest BCUT2D eigenvalue weighted by Crippen LogP contribution is -2.07. The molecular weight excluding hydrogens is 332 g/mol. The molecule has 1 aliphatic rings. The number of ketones is 1. The van der Waals surface area contributed by atoms with Crippen LogP contribution in [-0.2, 0) is 11.2 Å². The first-order valence-corrected chi connectivity index (χ1v) is 9.43. The maximum Gasteiger partial charge on any atom is 0.137 e. The van der Waals surface area contributed by atoms with Crippen LogP contribution in [0.3, 0.4) is 0 Å². The Balaban J connectivity index is 1.58. The van der Waals surface area contributed by atoms with Crippen molar-refractivity contribution in [2.75, 3.05) is 7.11 Å². The van der Waals surface area contributed by atoms with Crippen molar-refractivity contribution in [3.8, 4) is 5.75 Å². The van der Waals surface area contributed by atoms with E-state index in [4.69, 9.17) is 4.74 Å². The summed E-state index contributed by atoms with van der Waals surface area (Å²) in [5, 5.41) is 0. The van der Waals surface area contributed by atoms with Crippen LogP contribution in [0.4, 0.5) is 0 Å². The number of carbonyl (C=O) groups is 1. The summed E-state index contributed by atoms with van der Waals surface area (Å²) < 4.78 is 5.16. The van der Waals surface area contributed by atoms with Gasteiger partial charge in [0, 0.05) is 18.8 Å². The van der Waals surface area contributed by atoms with Gasteiger partial charge in [-0.25, -0.2) is 0 Å². The first-order chi connectivity index (χ1) is 13.2. The zero-order valence-corrected chi connectivity index (χ0v) is 15.9. The Bertz CT molecular complexity index is 842. The Morgan fingerprint density at radius 3 is 2.48 bits per heavy atom. The molecule has 0 radical (unpaired) electrons. The molecule has 2 heteroatoms. The molecule has 0 bridgehead atoms. The van der Waals surface area contributed by atoms with Crippen molar-refractivity contribution in [1.82, 2.24) is 0 Å². The van der Waals surface area contributed by atoms with E-state index < -0.39 is 0 Å². The minimum absolute atomic E-state index is 0.270. The summed E-state index contributed by atoms with van der Waals surface area (Å²) in [6.45, 7) is 3.92. The van der Waals surface area contributed by atoms with E-state index in [1.165, 1.54) is 16.7 Å². The molecule has 0 fully saturated rings. The van der Waals surface area contributed by atoms with Crippen LogP contribution in [0.15, 0.2) is 85.0 Å². The van der Waals surface area contributed by atoms with E-state index in [1.54, 1.807) is 7.11 Å². The highest BCUT2D eigenvalue weighted by Crippen LogP contribution is 2.39. The van der Waals surface area contributed by atoms with Crippen molar-refractivity contribution in [2.45, 2.75) is 25.7 Å². The Labute approximate surface area is 161 Å². The normalized spacial score (nSPS) is 15.8. The van der Waals surface area contributed by atoms with E-state index in [2.05, 4.69) is 43.0 Å². The van der Waals surface area contributed by atoms with Crippen LogP contribution in [0, 0.1) is 5.92 Å². The van der Waals surface area contributed by atoms with Crippen LogP contribution >= 0.6 is 0 Å². The number of allylic oxidation sites excluding steroid dienone is 5. The molecule has 0 aliphatic heterocycles. The van der Waals surface area contributed by atoms with Gasteiger partial charge >= 0.3 is 0 Å². The maximum atomic E-state index is 12.4. The molecule has 1 aliphatic carbocycles. The molecule has 1 unspecified atom stereocenters. The third kappa shape index (κ3) is 4.85. The maximum absolute atomic E-state index is 12.4. The molecule has 0 aromatic heterocycles. The van der Waals surface area contributed by atoms with E-state index in [-0.39, 0.29) is 5.78 Å². The number of benzene rings is 2. The average molecular weight is 358 g/mol. The molecule has 2 aromatic carbocycles. The first kappa shape index (κ1) is 18.9. The van der Waals surface area contributed by atoms with Crippen molar-refractivity contribution in [1.29, 1.82) is 0 Å². The average Bonchev–Trinajstić information content (AvgIpc) is 3.10. The largest absolute Gasteiger partial charge is 0.497 e. The lowest BCUT2D eigenvalue weighted by atomic mass is 9.86. The minimum atomic E-state index is 0.270. The standard InChI is InChI=1S/C25H26O2/c1-3-7-24-21(13-17-25(24)20-8-5-4-6-9-20)12-14-22(26)18-19-10-15-23(27-2)16-11-19/h3-6,8-11,13,15-17,24H,1,7,12,14,18H2,2H3. The monoisotopic (exact) mass is 358 g/mol. The summed E-state index contributed by atoms with van der Waals surface area (Å²) >= 11 is 0. The third-order valence-electron chi connectivity index (χ3n) is 5.06. The molecule has 3 rings (SSSR count). The number of rotatable bonds is 9. The van der Waals surface area contributed by atoms with Gasteiger partial charge in [-0.2, -0.15) is 0 Å². The van der Waals surface area contributed by atoms with Crippen molar-refractivity contribution in [3.05, 3.63) is 96.1 Å². The summed E-state index contributed by atoms with van der Waals surface area (Å²) in [4.78, 5) is 12.4. The molecule has 2 nitrogen and oxygen atoms in total. The minimum Gasteiger partial charge on any atom is -0.497 e. The second kappa shape index (κ2) is 9.18. The van der Waals surface area contributed by atoms with E-state index >= 15 is 0 Å². The van der Waals surface area contributed by atoms with Crippen molar-refractivity contribution < 1.29 is 9.53 Å². The second-order valence-corrected chi connectivity index (χ2v) is 6.87. The van der Waals surface area contributed by atoms with E-state index in [9.17, 15) is 4.79 Å². The molecule has 0 amide bonds. The third-order valence-corrected chi connectivity index (χ3v) is 5.06. The molecule has 0 N–H and O–H groups in total. The Kier molecular flexibility index (Phi) is 6.43. The molecule has 138 valence electrons. The van der Waals surface area contributed by atoms with Crippen molar-refractivity contribution >= 4 is 11.4 Å². The Morgan fingerprint density at radius 2 is 1.81 bits per heavy atom. The van der Waals surface area contributed by atoms with Gasteiger partial charge in [0.05, 0.1) is 7.11 Å². The predicted molar refractivity (Wildman–Crippen MR) is 112 cm³/mol. The van der Waals surface area contributed by atoms with Gasteiger partial charge in [0.1, 0.15) is 11.5 Å². The zero-order chi connectivity index (χ0) is 19.1. The van der Waals surface area contributed by atoms with Crippen LogP contribution < -0.4 is 4.74 Å². The first-order valence-electron chi connectivity index (χ1n) is 9.43. The lowest BCUT2D eigenvalue weighted by molar-refractivity contribution is -0.118. The number of hydrogen-bond acceptors (Lipinski definition) is 2. The van der Waals surface area contributed by atoms with Gasteiger partial charge in [0.15, 0.2) is 0 Å². The van der Waals surface area contributed by atoms with Gasteiger partial charge in [-0.15, -0.1) is 6.58 Å². The Hall–Kier alpha value is -2.87. The van der Waals surface area contributed by atoms with Gasteiger partial charge in [-0.1, -0.05) is 66.3 Å². The molecule has 0 saturated carbocycles. The fourth-order valence-electron chi connectivity index (χ4n) is 3.60. The number of ether oxygens (including phenoxy) is 1. The fraction of sp³-hybridized carbons (Fsp3) is 0.240. The van der Waals surface area contributed by atoms with Crippen LogP contribution in [-0.4, -0.2) is 12.9 Å². The molecule has 1 atom stereocenters. The number of methoxy groups -OCH3 is 1. The summed E-state index contributed by atoms with van der Waals surface area (Å²) in [6.07, 6.45) is 9.12. The Morgan fingerprint density at radius 1 is 1.07 bits per heavy atom. The van der Waals surface area contributed by atoms with Gasteiger partial charge < -0.3 is 4.74 Å². The van der Waals surface area contributed by atoms with Gasteiger partial charge in [-0.05, 0) is 41.7 Å². The van der Waals surface area contributed by atoms with Gasteiger partial charge in [0.25, 0.3) is 0 Å². The highest BCUT2D eigenvalue weighted by atomic mass is 16.5. The van der Waals surface area contributed by atoms with Crippen LogP contribution in [0.1, 0.15) is 30.4 Å². The number of carbonyl (C=O) groups excluding carboxylic acids is 1. The van der Waals surface area contributed by atoms with Gasteiger partial charge in [0.2, 0.25) is 0 Å². The van der Waals surface area contributed by atoms with Crippen molar-refractivity contribution in [2.24, 2.45) is 5.92 Å². The molecule has 2 aromatic rings. The molecule has 27 heavy (non-hydrogen) atoms. The van der Waals surface area contributed by atoms with Gasteiger partial charge in [-0.3, -0.25) is 4.79 Å². The molecular formula is C25H26O2. The van der Waals surface area contributed by atoms with Crippen LogP contribution in [0.2, 0.25) is 0 Å². The van der Waals surface area contributed by atoms with Crippen LogP contribution in [0.5, 0.6) is 5.75 Å². The van der Waals surface area contributed by atoms with Crippen LogP contribution in [0.25, 0.3) is 5.57 Å². The zero-order valence-electron chi connectivity index (χ0n) is 15.9. The highest BCUT2D eigenvalue weighted by Gasteiger charge is 2.23. The molecule has 0 saturated heterocycles. The molecule has 0 heterocycles. The predicted octanol–water partition coefficient (Wildman–Crippen LogP) is 5.80. The SMILES string of the molecule is C=CCC1C(CCC(=O)Cc2ccc(OC)cc2)=CC=C1c1ccccc1. The quantitative estimate of drug-likeness (QED) is 0.529. The van der Waals surface area contributed by atoms with E-state index in [1.807, 2.05) is 36.4 Å². The second-order valence-electron chi connectivity index (χ2n) is 6.87. The summed E-state index contributed by atoms with van der Waals surface area (Å²) in [5.74, 6) is 1.42.